The van der Waals surface area contributed by atoms with E-state index >= 15 is 0 Å². The Bertz CT molecular complexity index is 1070. The van der Waals surface area contributed by atoms with Gasteiger partial charge in [-0.1, -0.05) is 41.3 Å². The van der Waals surface area contributed by atoms with Gasteiger partial charge < -0.3 is 15.4 Å². The molecule has 156 valence electrons. The molecule has 0 saturated heterocycles. The van der Waals surface area contributed by atoms with Gasteiger partial charge in [0.2, 0.25) is 11.0 Å². The zero-order valence-electron chi connectivity index (χ0n) is 16.4. The average molecular weight is 446 g/mol. The van der Waals surface area contributed by atoms with Crippen LogP contribution in [-0.4, -0.2) is 33.4 Å². The molecule has 2 N–H and O–H groups in total. The average Bonchev–Trinajstić information content (AvgIpc) is 3.16. The Morgan fingerprint density at radius 1 is 1.23 bits per heavy atom. The van der Waals surface area contributed by atoms with Crippen LogP contribution in [0.1, 0.15) is 12.5 Å². The van der Waals surface area contributed by atoms with Crippen LogP contribution < -0.4 is 15.4 Å². The minimum Gasteiger partial charge on any atom is -0.495 e. The molecule has 2 aromatic carbocycles. The predicted octanol–water partition coefficient (Wildman–Crippen LogP) is 4.63. The fourth-order valence-electron chi connectivity index (χ4n) is 2.48. The van der Waals surface area contributed by atoms with Crippen LogP contribution in [0.15, 0.2) is 46.8 Å². The second-order valence-corrected chi connectivity index (χ2v) is 8.77. The van der Waals surface area contributed by atoms with Crippen LogP contribution in [0.25, 0.3) is 0 Å². The van der Waals surface area contributed by atoms with Crippen LogP contribution >= 0.6 is 23.1 Å². The molecule has 9 nitrogen and oxygen atoms in total. The molecular weight excluding hydrogens is 426 g/mol. The molecule has 0 aliphatic heterocycles. The molecule has 0 radical (unpaired) electrons. The molecule has 0 spiro atoms. The SMILES string of the molecule is COc1ccc([N+](=O)[O-])cc1NC(=O)[C@@H](C)Sc1nnc(Nc2ccccc2C)s1. The number of hydrogen-bond donors (Lipinski definition) is 2. The highest BCUT2D eigenvalue weighted by molar-refractivity contribution is 8.02. The third-order valence-corrected chi connectivity index (χ3v) is 6.11. The number of para-hydroxylation sites is 1. The first-order valence-corrected chi connectivity index (χ1v) is 10.5. The third-order valence-electron chi connectivity index (χ3n) is 4.09. The Morgan fingerprint density at radius 3 is 2.70 bits per heavy atom. The monoisotopic (exact) mass is 445 g/mol. The minimum absolute atomic E-state index is 0.137. The van der Waals surface area contributed by atoms with Crippen molar-refractivity contribution >= 4 is 51.2 Å². The van der Waals surface area contributed by atoms with Crippen molar-refractivity contribution in [3.63, 3.8) is 0 Å². The molecule has 0 aliphatic carbocycles. The van der Waals surface area contributed by atoms with Gasteiger partial charge in [-0.3, -0.25) is 14.9 Å². The Kier molecular flexibility index (Phi) is 6.85. The van der Waals surface area contributed by atoms with Crippen molar-refractivity contribution in [3.05, 3.63) is 58.1 Å². The lowest BCUT2D eigenvalue weighted by Crippen LogP contribution is -2.22. The number of aryl methyl sites for hydroxylation is 1. The van der Waals surface area contributed by atoms with E-state index in [0.29, 0.717) is 15.2 Å². The second kappa shape index (κ2) is 9.55. The number of carbonyl (C=O) groups is 1. The summed E-state index contributed by atoms with van der Waals surface area (Å²) < 4.78 is 5.80. The molecule has 0 fully saturated rings. The van der Waals surface area contributed by atoms with Gasteiger partial charge in [0, 0.05) is 17.8 Å². The summed E-state index contributed by atoms with van der Waals surface area (Å²) >= 11 is 2.59. The maximum atomic E-state index is 12.6. The lowest BCUT2D eigenvalue weighted by Gasteiger charge is -2.13. The van der Waals surface area contributed by atoms with Gasteiger partial charge in [0.25, 0.3) is 5.69 Å². The molecule has 3 rings (SSSR count). The Morgan fingerprint density at radius 2 is 2.00 bits per heavy atom. The molecule has 0 unspecified atom stereocenters. The number of hydrogen-bond acceptors (Lipinski definition) is 9. The van der Waals surface area contributed by atoms with Crippen LogP contribution in [0.3, 0.4) is 0 Å². The van der Waals surface area contributed by atoms with E-state index in [2.05, 4.69) is 20.8 Å². The maximum absolute atomic E-state index is 12.6. The van der Waals surface area contributed by atoms with E-state index in [9.17, 15) is 14.9 Å². The van der Waals surface area contributed by atoms with Gasteiger partial charge in [0.05, 0.1) is 23.0 Å². The fraction of sp³-hybridized carbons (Fsp3) is 0.211. The topological polar surface area (TPSA) is 119 Å². The highest BCUT2D eigenvalue weighted by Gasteiger charge is 2.20. The summed E-state index contributed by atoms with van der Waals surface area (Å²) in [5.41, 5.74) is 2.13. The zero-order chi connectivity index (χ0) is 21.7. The number of rotatable bonds is 8. The molecule has 0 saturated carbocycles. The van der Waals surface area contributed by atoms with E-state index in [-0.39, 0.29) is 17.3 Å². The molecular formula is C19H19N5O4S2. The van der Waals surface area contributed by atoms with Crippen molar-refractivity contribution in [1.82, 2.24) is 10.2 Å². The number of nitro groups is 1. The van der Waals surface area contributed by atoms with Crippen molar-refractivity contribution in [2.75, 3.05) is 17.7 Å². The third kappa shape index (κ3) is 5.24. The number of methoxy groups -OCH3 is 1. The van der Waals surface area contributed by atoms with E-state index in [4.69, 9.17) is 4.74 Å². The molecule has 3 aromatic rings. The first-order chi connectivity index (χ1) is 14.4. The molecule has 11 heteroatoms. The number of aromatic nitrogens is 2. The summed E-state index contributed by atoms with van der Waals surface area (Å²) in [7, 11) is 1.43. The van der Waals surface area contributed by atoms with Crippen LogP contribution in [0, 0.1) is 17.0 Å². The standard InChI is InChI=1S/C19H19N5O4S2/c1-11-6-4-5-7-14(11)21-18-22-23-19(30-18)29-12(2)17(25)20-15-10-13(24(26)27)8-9-16(15)28-3/h4-10,12H,1-3H3,(H,20,25)(H,21,22)/t12-/m1/s1. The van der Waals surface area contributed by atoms with E-state index in [1.165, 1.54) is 48.4 Å². The normalized spacial score (nSPS) is 11.6. The summed E-state index contributed by atoms with van der Waals surface area (Å²) in [5.74, 6) is 0.00851. The predicted molar refractivity (Wildman–Crippen MR) is 118 cm³/mol. The van der Waals surface area contributed by atoms with Gasteiger partial charge >= 0.3 is 0 Å². The van der Waals surface area contributed by atoms with Crippen molar-refractivity contribution < 1.29 is 14.5 Å². The fourth-order valence-corrected chi connectivity index (χ4v) is 4.39. The van der Waals surface area contributed by atoms with E-state index < -0.39 is 10.2 Å². The lowest BCUT2D eigenvalue weighted by atomic mass is 10.2. The number of thioether (sulfide) groups is 1. The molecule has 1 atom stereocenters. The van der Waals surface area contributed by atoms with Crippen molar-refractivity contribution in [2.45, 2.75) is 23.4 Å². The summed E-state index contributed by atoms with van der Waals surface area (Å²) in [6.07, 6.45) is 0. The van der Waals surface area contributed by atoms with Crippen LogP contribution in [0.2, 0.25) is 0 Å². The lowest BCUT2D eigenvalue weighted by molar-refractivity contribution is -0.384. The molecule has 1 amide bonds. The Hall–Kier alpha value is -3.18. The number of anilines is 3. The number of nitrogens with one attached hydrogen (secondary N) is 2. The zero-order valence-corrected chi connectivity index (χ0v) is 18.0. The number of ether oxygens (including phenoxy) is 1. The summed E-state index contributed by atoms with van der Waals surface area (Å²) in [6.45, 7) is 3.72. The van der Waals surface area contributed by atoms with E-state index in [1.807, 2.05) is 31.2 Å². The largest absolute Gasteiger partial charge is 0.495 e. The van der Waals surface area contributed by atoms with Gasteiger partial charge in [-0.2, -0.15) is 0 Å². The first kappa shape index (κ1) is 21.5. The summed E-state index contributed by atoms with van der Waals surface area (Å²) in [4.78, 5) is 23.1. The van der Waals surface area contributed by atoms with E-state index in [1.54, 1.807) is 6.92 Å². The number of benzene rings is 2. The number of nitro benzene ring substituents is 1. The molecule has 0 bridgehead atoms. The van der Waals surface area contributed by atoms with Crippen LogP contribution in [-0.2, 0) is 4.79 Å². The number of amides is 1. The summed E-state index contributed by atoms with van der Waals surface area (Å²) in [5, 5.41) is 25.2. The Labute approximate surface area is 181 Å². The molecule has 30 heavy (non-hydrogen) atoms. The quantitative estimate of drug-likeness (QED) is 0.293. The number of carbonyl (C=O) groups excluding carboxylic acids is 1. The van der Waals surface area contributed by atoms with Crippen LogP contribution in [0.4, 0.5) is 22.2 Å². The second-order valence-electron chi connectivity index (χ2n) is 6.20. The molecule has 1 aromatic heterocycles. The van der Waals surface area contributed by atoms with Gasteiger partial charge in [-0.25, -0.2) is 0 Å². The highest BCUT2D eigenvalue weighted by atomic mass is 32.2. The molecule has 0 aliphatic rings. The number of nitrogens with zero attached hydrogens (tertiary/aromatic N) is 3. The van der Waals surface area contributed by atoms with Crippen molar-refractivity contribution in [1.29, 1.82) is 0 Å². The minimum atomic E-state index is -0.530. The maximum Gasteiger partial charge on any atom is 0.271 e. The van der Waals surface area contributed by atoms with E-state index in [0.717, 1.165) is 11.3 Å². The van der Waals surface area contributed by atoms with Crippen LogP contribution in [0.5, 0.6) is 5.75 Å². The van der Waals surface area contributed by atoms with Crippen molar-refractivity contribution in [3.8, 4) is 5.75 Å². The number of non-ortho nitro benzene ring substituents is 1. The summed E-state index contributed by atoms with van der Waals surface area (Å²) in [6, 6.07) is 11.9. The van der Waals surface area contributed by atoms with Crippen molar-refractivity contribution in [2.24, 2.45) is 0 Å². The smallest absolute Gasteiger partial charge is 0.271 e. The van der Waals surface area contributed by atoms with Gasteiger partial charge in [-0.15, -0.1) is 10.2 Å². The van der Waals surface area contributed by atoms with Gasteiger partial charge in [0.15, 0.2) is 4.34 Å². The van der Waals surface area contributed by atoms with Gasteiger partial charge in [-0.05, 0) is 31.5 Å². The Balaban J connectivity index is 1.65. The molecule has 1 heterocycles. The first-order valence-electron chi connectivity index (χ1n) is 8.83. The highest BCUT2D eigenvalue weighted by Crippen LogP contribution is 2.33. The van der Waals surface area contributed by atoms with Gasteiger partial charge in [0.1, 0.15) is 5.75 Å².